The average Bonchev–Trinajstić information content (AvgIpc) is 0.918. The van der Waals surface area contributed by atoms with Crippen molar-refractivity contribution in [1.29, 1.82) is 0 Å². The van der Waals surface area contributed by atoms with Crippen LogP contribution in [0.1, 0.15) is 0 Å². The van der Waals surface area contributed by atoms with Gasteiger partial charge in [0.1, 0.15) is 0 Å². The van der Waals surface area contributed by atoms with E-state index < -0.39 is 0 Å². The first-order valence-corrected chi connectivity index (χ1v) is 0.494. The Morgan fingerprint density at radius 2 is 1.60 bits per heavy atom. The Kier molecular flexibility index (Phi) is 49.4. The molecule has 0 aromatic rings. The first-order chi connectivity index (χ1) is 1.41. The van der Waals surface area contributed by atoms with Crippen molar-refractivity contribution in [2.75, 3.05) is 0 Å². The van der Waals surface area contributed by atoms with E-state index in [1.807, 2.05) is 0 Å². The third-order valence-corrected chi connectivity index (χ3v) is 0. The summed E-state index contributed by atoms with van der Waals surface area (Å²) in [4.78, 5) is 8.36. The Morgan fingerprint density at radius 1 is 1.60 bits per heavy atom. The summed E-state index contributed by atoms with van der Waals surface area (Å²) in [5.41, 5.74) is 0. The summed E-state index contributed by atoms with van der Waals surface area (Å²) < 4.78 is 0. The van der Waals surface area contributed by atoms with Gasteiger partial charge in [-0.1, -0.05) is 0 Å². The molecule has 0 heterocycles. The van der Waals surface area contributed by atoms with Gasteiger partial charge in [0.25, 0.3) is 6.47 Å². The van der Waals surface area contributed by atoms with Crippen LogP contribution >= 0.6 is 0 Å². The van der Waals surface area contributed by atoms with Crippen molar-refractivity contribution in [1.82, 2.24) is 0 Å². The van der Waals surface area contributed by atoms with Crippen LogP contribution in [0.5, 0.6) is 0 Å². The van der Waals surface area contributed by atoms with Crippen LogP contribution in [0, 0.1) is 0 Å². The minimum absolute atomic E-state index is 0. The van der Waals surface area contributed by atoms with Gasteiger partial charge in [0.2, 0.25) is 0 Å². The topological polar surface area (TPSA) is 37.3 Å². The first-order valence-electron chi connectivity index (χ1n) is 0.494. The van der Waals surface area contributed by atoms with Gasteiger partial charge in [-0.15, -0.1) is 0 Å². The van der Waals surface area contributed by atoms with E-state index in [9.17, 15) is 0 Å². The van der Waals surface area contributed by atoms with E-state index in [-0.39, 0.29) is 134 Å². The molecule has 0 bridgehead atoms. The van der Waals surface area contributed by atoms with Gasteiger partial charge >= 0.3 is 127 Å². The molecule has 0 amide bonds. The Morgan fingerprint density at radius 3 is 1.60 bits per heavy atom. The molecular formula is CH4CsO2Rb. The van der Waals surface area contributed by atoms with Gasteiger partial charge in [-0.05, 0) is 0 Å². The molecule has 1 N–H and O–H groups in total. The summed E-state index contributed by atoms with van der Waals surface area (Å²) in [6.45, 7) is -0.250. The van der Waals surface area contributed by atoms with Gasteiger partial charge < -0.3 is 5.11 Å². The average molecular weight is 266 g/mol. The fourth-order valence-corrected chi connectivity index (χ4v) is 0. The normalized spacial score (nSPS) is 2.40. The zero-order valence-electron chi connectivity index (χ0n) is 1.43. The maximum absolute atomic E-state index is 8.36. The number of carboxylic acid groups (broad SMARTS) is 1. The second-order valence-electron chi connectivity index (χ2n) is 0.105. The zero-order valence-corrected chi connectivity index (χ0v) is 1.43. The Balaban J connectivity index is -0.0000000200. The number of hydrogen-bond acceptors (Lipinski definition) is 1. The van der Waals surface area contributed by atoms with E-state index in [2.05, 4.69) is 0 Å². The molecule has 0 aliphatic carbocycles. The van der Waals surface area contributed by atoms with Crippen LogP contribution in [0.15, 0.2) is 0 Å². The molecule has 2 nitrogen and oxygen atoms in total. The van der Waals surface area contributed by atoms with E-state index in [1.54, 1.807) is 0 Å². The van der Waals surface area contributed by atoms with Crippen LogP contribution in [0.2, 0.25) is 0 Å². The summed E-state index contributed by atoms with van der Waals surface area (Å²) in [5.74, 6) is 0. The van der Waals surface area contributed by atoms with Crippen LogP contribution < -0.4 is 0 Å². The third-order valence-electron chi connectivity index (χ3n) is 0. The quantitative estimate of drug-likeness (QED) is 0.537. The summed E-state index contributed by atoms with van der Waals surface area (Å²) >= 11 is 0. The Labute approximate surface area is 138 Å². The monoisotopic (exact) mass is 266 g/mol. The molecule has 0 aromatic heterocycles. The zero-order chi connectivity index (χ0) is 2.71. The van der Waals surface area contributed by atoms with Gasteiger partial charge in [0.05, 0.1) is 0 Å². The molecule has 0 saturated heterocycles. The summed E-state index contributed by atoms with van der Waals surface area (Å²) in [7, 11) is 0. The summed E-state index contributed by atoms with van der Waals surface area (Å²) in [6.07, 6.45) is 0. The predicted octanol–water partition coefficient (Wildman–Crippen LogP) is -1.60. The van der Waals surface area contributed by atoms with E-state index in [4.69, 9.17) is 9.90 Å². The third kappa shape index (κ3) is 18.8. The molecule has 0 saturated carbocycles. The van der Waals surface area contributed by atoms with Crippen LogP contribution in [0.4, 0.5) is 0 Å². The van der Waals surface area contributed by atoms with Gasteiger partial charge in [-0.25, -0.2) is 0 Å². The molecule has 0 rings (SSSR count). The number of hydrogen-bond donors (Lipinski definition) is 1. The predicted molar refractivity (Wildman–Crippen MR) is 23.0 cm³/mol. The SMILES string of the molecule is O=CO.[CsH].[RbH]. The van der Waals surface area contributed by atoms with Gasteiger partial charge in [-0.3, -0.25) is 4.79 Å². The van der Waals surface area contributed by atoms with Crippen molar-refractivity contribution in [3.63, 3.8) is 0 Å². The second kappa shape index (κ2) is 15.7. The molecule has 22 valence electrons. The Hall–Kier alpha value is 3.33. The van der Waals surface area contributed by atoms with Gasteiger partial charge in [-0.2, -0.15) is 0 Å². The van der Waals surface area contributed by atoms with E-state index in [1.165, 1.54) is 0 Å². The van der Waals surface area contributed by atoms with E-state index >= 15 is 0 Å². The van der Waals surface area contributed by atoms with Crippen molar-refractivity contribution in [2.45, 2.75) is 0 Å². The van der Waals surface area contributed by atoms with E-state index in [0.29, 0.717) is 0 Å². The molecule has 0 aliphatic heterocycles. The molecule has 0 radical (unpaired) electrons. The fourth-order valence-electron chi connectivity index (χ4n) is 0. The molecule has 0 aromatic carbocycles. The second-order valence-corrected chi connectivity index (χ2v) is 0.105. The molecule has 0 spiro atoms. The minimum atomic E-state index is -0.250. The van der Waals surface area contributed by atoms with Crippen LogP contribution in [-0.4, -0.2) is 139 Å². The van der Waals surface area contributed by atoms with Crippen molar-refractivity contribution >= 4 is 134 Å². The summed E-state index contributed by atoms with van der Waals surface area (Å²) in [6, 6.07) is 0. The van der Waals surface area contributed by atoms with Crippen LogP contribution in [-0.2, 0) is 4.79 Å². The van der Waals surface area contributed by atoms with Gasteiger partial charge in [0.15, 0.2) is 0 Å². The van der Waals surface area contributed by atoms with Crippen molar-refractivity contribution in [3.05, 3.63) is 0 Å². The molecule has 0 atom stereocenters. The van der Waals surface area contributed by atoms with Crippen molar-refractivity contribution in [3.8, 4) is 0 Å². The van der Waals surface area contributed by atoms with Crippen molar-refractivity contribution < 1.29 is 9.90 Å². The van der Waals surface area contributed by atoms with Crippen LogP contribution in [0.3, 0.4) is 0 Å². The van der Waals surface area contributed by atoms with Crippen molar-refractivity contribution in [2.24, 2.45) is 0 Å². The first kappa shape index (κ1) is 15.8. The Bertz CT molecular complexity index is 17.1. The molecular weight excluding hydrogens is 262 g/mol. The number of carbonyl (C=O) groups is 1. The van der Waals surface area contributed by atoms with Crippen LogP contribution in [0.25, 0.3) is 0 Å². The maximum atomic E-state index is 8.36. The molecule has 0 aliphatic rings. The molecule has 4 heteroatoms. The molecule has 0 fully saturated rings. The van der Waals surface area contributed by atoms with Gasteiger partial charge in [0, 0.05) is 0 Å². The standard InChI is InChI=1S/CH2O2.Cs.Rb.2H/c2-1-3;;;;/h1H,(H,2,3);;;;. The fraction of sp³-hybridized carbons (Fsp3) is 0. The molecule has 5 heavy (non-hydrogen) atoms. The molecule has 0 unspecified atom stereocenters. The summed E-state index contributed by atoms with van der Waals surface area (Å²) in [5, 5.41) is 6.89. The van der Waals surface area contributed by atoms with E-state index in [0.717, 1.165) is 0 Å². The number of rotatable bonds is 0.